The van der Waals surface area contributed by atoms with Crippen LogP contribution in [0.5, 0.6) is 0 Å². The number of anilines is 1. The Morgan fingerprint density at radius 1 is 1.12 bits per heavy atom. The van der Waals surface area contributed by atoms with Crippen LogP contribution in [0.1, 0.15) is 18.5 Å². The molecule has 2 aromatic carbocycles. The van der Waals surface area contributed by atoms with Crippen molar-refractivity contribution in [2.75, 3.05) is 17.6 Å². The highest BCUT2D eigenvalue weighted by atomic mass is 32.2. The molecule has 0 aliphatic heterocycles. The highest BCUT2D eigenvalue weighted by molar-refractivity contribution is 8.00. The monoisotopic (exact) mass is 344 g/mol. The minimum atomic E-state index is -0.383. The average molecular weight is 344 g/mol. The first kappa shape index (κ1) is 18.0. The van der Waals surface area contributed by atoms with Gasteiger partial charge in [0.2, 0.25) is 5.91 Å². The van der Waals surface area contributed by atoms with E-state index in [1.165, 1.54) is 17.3 Å². The van der Waals surface area contributed by atoms with E-state index < -0.39 is 0 Å². The fraction of sp³-hybridized carbons (Fsp3) is 0.222. The number of quaternary nitrogens is 1. The molecule has 0 saturated carbocycles. The molecule has 6 heteroatoms. The molecule has 0 bridgehead atoms. The summed E-state index contributed by atoms with van der Waals surface area (Å²) >= 11 is 1.32. The van der Waals surface area contributed by atoms with Crippen LogP contribution >= 0.6 is 11.8 Å². The number of nitrogens with two attached hydrogens (primary N) is 2. The normalized spacial score (nSPS) is 11.7. The summed E-state index contributed by atoms with van der Waals surface area (Å²) in [4.78, 5) is 24.0. The number of hydrogen-bond donors (Lipinski definition) is 3. The lowest BCUT2D eigenvalue weighted by Gasteiger charge is -2.12. The van der Waals surface area contributed by atoms with Gasteiger partial charge in [0, 0.05) is 10.5 Å². The van der Waals surface area contributed by atoms with Gasteiger partial charge >= 0.3 is 0 Å². The SMILES string of the molecule is C[C@@H]([NH2+]CC(=O)Nc1ccccc1SCC(N)=O)c1ccccc1. The average Bonchev–Trinajstić information content (AvgIpc) is 2.59. The Balaban J connectivity index is 1.89. The first-order valence-corrected chi connectivity index (χ1v) is 8.73. The zero-order chi connectivity index (χ0) is 17.4. The second-order valence-corrected chi connectivity index (χ2v) is 6.46. The highest BCUT2D eigenvalue weighted by Gasteiger charge is 2.13. The van der Waals surface area contributed by atoms with E-state index in [4.69, 9.17) is 5.73 Å². The maximum absolute atomic E-state index is 12.2. The van der Waals surface area contributed by atoms with Crippen molar-refractivity contribution in [3.8, 4) is 0 Å². The number of amides is 2. The van der Waals surface area contributed by atoms with Crippen LogP contribution in [-0.4, -0.2) is 24.1 Å². The summed E-state index contributed by atoms with van der Waals surface area (Å²) in [5.74, 6) is -0.277. The Hall–Kier alpha value is -2.31. The van der Waals surface area contributed by atoms with Gasteiger partial charge < -0.3 is 16.4 Å². The number of carbonyl (C=O) groups is 2. The van der Waals surface area contributed by atoms with Gasteiger partial charge in [-0.05, 0) is 19.1 Å². The van der Waals surface area contributed by atoms with Crippen molar-refractivity contribution in [3.63, 3.8) is 0 Å². The summed E-state index contributed by atoms with van der Waals surface area (Å²) in [7, 11) is 0. The Morgan fingerprint density at radius 3 is 2.50 bits per heavy atom. The number of nitrogens with one attached hydrogen (secondary N) is 1. The van der Waals surface area contributed by atoms with Gasteiger partial charge in [-0.1, -0.05) is 42.5 Å². The lowest BCUT2D eigenvalue weighted by Crippen LogP contribution is -2.86. The molecule has 0 aromatic heterocycles. The van der Waals surface area contributed by atoms with Crippen LogP contribution in [0, 0.1) is 0 Å². The molecular formula is C18H22N3O2S+. The third kappa shape index (κ3) is 5.72. The van der Waals surface area contributed by atoms with Crippen molar-refractivity contribution in [1.29, 1.82) is 0 Å². The molecule has 0 unspecified atom stereocenters. The lowest BCUT2D eigenvalue weighted by molar-refractivity contribution is -0.682. The van der Waals surface area contributed by atoms with Gasteiger partial charge in [0.25, 0.3) is 5.91 Å². The van der Waals surface area contributed by atoms with Crippen LogP contribution in [0.25, 0.3) is 0 Å². The van der Waals surface area contributed by atoms with Crippen molar-refractivity contribution < 1.29 is 14.9 Å². The van der Waals surface area contributed by atoms with E-state index in [0.29, 0.717) is 12.2 Å². The van der Waals surface area contributed by atoms with E-state index in [2.05, 4.69) is 24.4 Å². The summed E-state index contributed by atoms with van der Waals surface area (Å²) in [6.07, 6.45) is 0. The van der Waals surface area contributed by atoms with Gasteiger partial charge in [-0.25, -0.2) is 0 Å². The van der Waals surface area contributed by atoms with Crippen LogP contribution < -0.4 is 16.4 Å². The Bertz CT molecular complexity index is 692. The van der Waals surface area contributed by atoms with Crippen molar-refractivity contribution in [2.45, 2.75) is 17.9 Å². The maximum atomic E-state index is 12.2. The number of hydrogen-bond acceptors (Lipinski definition) is 3. The highest BCUT2D eigenvalue weighted by Crippen LogP contribution is 2.26. The van der Waals surface area contributed by atoms with Crippen LogP contribution in [-0.2, 0) is 9.59 Å². The zero-order valence-corrected chi connectivity index (χ0v) is 14.4. The van der Waals surface area contributed by atoms with Crippen molar-refractivity contribution >= 4 is 29.3 Å². The predicted octanol–water partition coefficient (Wildman–Crippen LogP) is 1.53. The minimum absolute atomic E-state index is 0.0788. The molecule has 2 aromatic rings. The number of para-hydroxylation sites is 1. The quantitative estimate of drug-likeness (QED) is 0.635. The molecule has 0 radical (unpaired) electrons. The molecule has 2 amide bonds. The van der Waals surface area contributed by atoms with Gasteiger partial charge in [-0.3, -0.25) is 9.59 Å². The van der Waals surface area contributed by atoms with Crippen LogP contribution in [0.4, 0.5) is 5.69 Å². The smallest absolute Gasteiger partial charge is 0.279 e. The molecule has 1 atom stereocenters. The Kier molecular flexibility index (Phi) is 6.84. The molecule has 0 saturated heterocycles. The summed E-state index contributed by atoms with van der Waals surface area (Å²) in [5, 5.41) is 4.89. The summed E-state index contributed by atoms with van der Waals surface area (Å²) in [5.41, 5.74) is 7.06. The van der Waals surface area contributed by atoms with Crippen molar-refractivity contribution in [3.05, 3.63) is 60.2 Å². The second kappa shape index (κ2) is 9.10. The molecule has 5 N–H and O–H groups in total. The fourth-order valence-corrected chi connectivity index (χ4v) is 2.97. The van der Waals surface area contributed by atoms with E-state index in [1.54, 1.807) is 0 Å². The second-order valence-electron chi connectivity index (χ2n) is 5.44. The number of primary amides is 1. The maximum Gasteiger partial charge on any atom is 0.279 e. The molecule has 0 spiro atoms. The Labute approximate surface area is 146 Å². The Morgan fingerprint density at radius 2 is 1.79 bits per heavy atom. The summed E-state index contributed by atoms with van der Waals surface area (Å²) in [6.45, 7) is 2.39. The van der Waals surface area contributed by atoms with Gasteiger partial charge in [-0.2, -0.15) is 0 Å². The molecule has 0 aliphatic carbocycles. The van der Waals surface area contributed by atoms with Gasteiger partial charge in [0.15, 0.2) is 6.54 Å². The molecule has 0 heterocycles. The number of carbonyl (C=O) groups excluding carboxylic acids is 2. The molecule has 0 aliphatic rings. The van der Waals surface area contributed by atoms with E-state index in [0.717, 1.165) is 4.90 Å². The fourth-order valence-electron chi connectivity index (χ4n) is 2.22. The predicted molar refractivity (Wildman–Crippen MR) is 96.6 cm³/mol. The summed E-state index contributed by atoms with van der Waals surface area (Å²) in [6, 6.07) is 17.7. The van der Waals surface area contributed by atoms with Crippen LogP contribution in [0.2, 0.25) is 0 Å². The number of benzene rings is 2. The van der Waals surface area contributed by atoms with Crippen molar-refractivity contribution in [2.24, 2.45) is 5.73 Å². The lowest BCUT2D eigenvalue weighted by atomic mass is 10.1. The van der Waals surface area contributed by atoms with Crippen LogP contribution in [0.15, 0.2) is 59.5 Å². The molecule has 24 heavy (non-hydrogen) atoms. The molecule has 0 fully saturated rings. The minimum Gasteiger partial charge on any atom is -0.369 e. The zero-order valence-electron chi connectivity index (χ0n) is 13.6. The van der Waals surface area contributed by atoms with Crippen LogP contribution in [0.3, 0.4) is 0 Å². The molecular weight excluding hydrogens is 322 g/mol. The molecule has 2 rings (SSSR count). The van der Waals surface area contributed by atoms with E-state index in [9.17, 15) is 9.59 Å². The van der Waals surface area contributed by atoms with E-state index in [1.807, 2.05) is 47.8 Å². The standard InChI is InChI=1S/C18H21N3O2S/c1-13(14-7-3-2-4-8-14)20-11-18(23)21-15-9-5-6-10-16(15)24-12-17(19)22/h2-10,13,20H,11-12H2,1H3,(H2,19,22)(H,21,23)/p+1/t13-/m1/s1. The molecule has 5 nitrogen and oxygen atoms in total. The van der Waals surface area contributed by atoms with Crippen molar-refractivity contribution in [1.82, 2.24) is 0 Å². The molecule has 126 valence electrons. The third-order valence-corrected chi connectivity index (χ3v) is 4.61. The summed E-state index contributed by atoms with van der Waals surface area (Å²) < 4.78 is 0. The van der Waals surface area contributed by atoms with Gasteiger partial charge in [-0.15, -0.1) is 11.8 Å². The van der Waals surface area contributed by atoms with Gasteiger partial charge in [0.1, 0.15) is 6.04 Å². The third-order valence-electron chi connectivity index (χ3n) is 3.51. The number of rotatable bonds is 8. The van der Waals surface area contributed by atoms with Gasteiger partial charge in [0.05, 0.1) is 11.4 Å². The number of thioether (sulfide) groups is 1. The first-order chi connectivity index (χ1) is 11.6. The largest absolute Gasteiger partial charge is 0.369 e. The van der Waals surface area contributed by atoms with E-state index in [-0.39, 0.29) is 23.6 Å². The topological polar surface area (TPSA) is 88.8 Å². The van der Waals surface area contributed by atoms with E-state index >= 15 is 0 Å². The first-order valence-electron chi connectivity index (χ1n) is 7.74.